The minimum absolute atomic E-state index is 0.0163. The number of ether oxygens (including phenoxy) is 2. The summed E-state index contributed by atoms with van der Waals surface area (Å²) in [6.45, 7) is -0.0163. The van der Waals surface area contributed by atoms with Crippen molar-refractivity contribution in [2.45, 2.75) is 25.3 Å². The number of para-hydroxylation sites is 3. The molecule has 1 atom stereocenters. The number of aromatic amines is 1. The molecule has 1 unspecified atom stereocenters. The predicted octanol–water partition coefficient (Wildman–Crippen LogP) is 3.23. The van der Waals surface area contributed by atoms with Crippen molar-refractivity contribution in [2.24, 2.45) is 0 Å². The SMILES string of the molecule is COc1ccccc1OCC(=O)NC1CCc2[nH]c3ccccc3c2C1. The normalized spacial score (nSPS) is 16.1. The largest absolute Gasteiger partial charge is 0.493 e. The Morgan fingerprint density at radius 1 is 1.15 bits per heavy atom. The summed E-state index contributed by atoms with van der Waals surface area (Å²) < 4.78 is 10.9. The molecule has 4 rings (SSSR count). The number of fused-ring (bicyclic) bond motifs is 3. The number of rotatable bonds is 5. The molecule has 0 radical (unpaired) electrons. The minimum atomic E-state index is -0.107. The van der Waals surface area contributed by atoms with Gasteiger partial charge in [0, 0.05) is 22.6 Å². The topological polar surface area (TPSA) is 63.4 Å². The zero-order valence-corrected chi connectivity index (χ0v) is 14.7. The average Bonchev–Trinajstić information content (AvgIpc) is 3.04. The maximum Gasteiger partial charge on any atom is 0.258 e. The van der Waals surface area contributed by atoms with E-state index in [0.717, 1.165) is 19.3 Å². The molecule has 0 saturated heterocycles. The third-order valence-electron chi connectivity index (χ3n) is 4.89. The van der Waals surface area contributed by atoms with E-state index in [9.17, 15) is 4.79 Å². The molecule has 3 aromatic rings. The third-order valence-corrected chi connectivity index (χ3v) is 4.89. The molecule has 0 saturated carbocycles. The summed E-state index contributed by atoms with van der Waals surface area (Å²) in [7, 11) is 1.59. The molecule has 1 aliphatic carbocycles. The number of amides is 1. The Labute approximate surface area is 152 Å². The summed E-state index contributed by atoms with van der Waals surface area (Å²) in [5.41, 5.74) is 3.79. The van der Waals surface area contributed by atoms with Crippen LogP contribution in [0.2, 0.25) is 0 Å². The van der Waals surface area contributed by atoms with Crippen LogP contribution in [0.1, 0.15) is 17.7 Å². The first-order chi connectivity index (χ1) is 12.7. The van der Waals surface area contributed by atoms with Gasteiger partial charge in [-0.05, 0) is 43.0 Å². The number of hydrogen-bond donors (Lipinski definition) is 2. The van der Waals surface area contributed by atoms with Crippen LogP contribution in [0.25, 0.3) is 10.9 Å². The van der Waals surface area contributed by atoms with Crippen LogP contribution in [0.5, 0.6) is 11.5 Å². The van der Waals surface area contributed by atoms with Crippen LogP contribution < -0.4 is 14.8 Å². The summed E-state index contributed by atoms with van der Waals surface area (Å²) in [4.78, 5) is 15.8. The van der Waals surface area contributed by atoms with E-state index in [1.165, 1.54) is 22.2 Å². The molecule has 5 heteroatoms. The highest BCUT2D eigenvalue weighted by atomic mass is 16.5. The number of H-pyrrole nitrogens is 1. The molecule has 134 valence electrons. The summed E-state index contributed by atoms with van der Waals surface area (Å²) in [6.07, 6.45) is 2.72. The maximum absolute atomic E-state index is 12.3. The fourth-order valence-electron chi connectivity index (χ4n) is 3.64. The fraction of sp³-hybridized carbons (Fsp3) is 0.286. The van der Waals surface area contributed by atoms with E-state index in [4.69, 9.17) is 9.47 Å². The Morgan fingerprint density at radius 2 is 1.92 bits per heavy atom. The summed E-state index contributed by atoms with van der Waals surface area (Å²) >= 11 is 0. The van der Waals surface area contributed by atoms with Crippen LogP contribution in [-0.2, 0) is 17.6 Å². The monoisotopic (exact) mass is 350 g/mol. The Balaban J connectivity index is 1.38. The van der Waals surface area contributed by atoms with Gasteiger partial charge in [-0.3, -0.25) is 4.79 Å². The van der Waals surface area contributed by atoms with Gasteiger partial charge >= 0.3 is 0 Å². The second-order valence-electron chi connectivity index (χ2n) is 6.57. The Morgan fingerprint density at radius 3 is 2.77 bits per heavy atom. The van der Waals surface area contributed by atoms with Gasteiger partial charge in [0.1, 0.15) is 0 Å². The Bertz CT molecular complexity index is 932. The predicted molar refractivity (Wildman–Crippen MR) is 101 cm³/mol. The van der Waals surface area contributed by atoms with Crippen molar-refractivity contribution >= 4 is 16.8 Å². The van der Waals surface area contributed by atoms with E-state index in [1.807, 2.05) is 24.3 Å². The lowest BCUT2D eigenvalue weighted by Gasteiger charge is -2.23. The number of carbonyl (C=O) groups excluding carboxylic acids is 1. The van der Waals surface area contributed by atoms with E-state index < -0.39 is 0 Å². The van der Waals surface area contributed by atoms with Gasteiger partial charge in [0.2, 0.25) is 0 Å². The number of hydrogen-bond acceptors (Lipinski definition) is 3. The van der Waals surface area contributed by atoms with E-state index in [-0.39, 0.29) is 18.6 Å². The highest BCUT2D eigenvalue weighted by molar-refractivity contribution is 5.85. The van der Waals surface area contributed by atoms with Gasteiger partial charge < -0.3 is 19.8 Å². The standard InChI is InChI=1S/C21H22N2O3/c1-25-19-8-4-5-9-20(19)26-13-21(24)22-14-10-11-18-16(12-14)15-6-2-3-7-17(15)23-18/h2-9,14,23H,10-13H2,1H3,(H,22,24). The molecule has 0 fully saturated rings. The molecule has 1 aromatic heterocycles. The lowest BCUT2D eigenvalue weighted by molar-refractivity contribution is -0.123. The fourth-order valence-corrected chi connectivity index (χ4v) is 3.64. The number of methoxy groups -OCH3 is 1. The maximum atomic E-state index is 12.3. The van der Waals surface area contributed by atoms with Crippen LogP contribution >= 0.6 is 0 Å². The first-order valence-electron chi connectivity index (χ1n) is 8.88. The average molecular weight is 350 g/mol. The smallest absolute Gasteiger partial charge is 0.258 e. The molecule has 2 N–H and O–H groups in total. The molecule has 0 bridgehead atoms. The minimum Gasteiger partial charge on any atom is -0.493 e. The van der Waals surface area contributed by atoms with Gasteiger partial charge in [-0.2, -0.15) is 0 Å². The molecule has 0 spiro atoms. The van der Waals surface area contributed by atoms with Gasteiger partial charge in [-0.25, -0.2) is 0 Å². The highest BCUT2D eigenvalue weighted by Gasteiger charge is 2.23. The second-order valence-corrected chi connectivity index (χ2v) is 6.57. The van der Waals surface area contributed by atoms with Crippen molar-refractivity contribution in [3.05, 3.63) is 59.8 Å². The van der Waals surface area contributed by atoms with Gasteiger partial charge in [0.15, 0.2) is 18.1 Å². The Kier molecular flexibility index (Phi) is 4.52. The van der Waals surface area contributed by atoms with Crippen molar-refractivity contribution in [3.8, 4) is 11.5 Å². The van der Waals surface area contributed by atoms with Gasteiger partial charge in [0.05, 0.1) is 7.11 Å². The molecule has 0 aliphatic heterocycles. The first-order valence-corrected chi connectivity index (χ1v) is 8.88. The van der Waals surface area contributed by atoms with E-state index in [1.54, 1.807) is 13.2 Å². The van der Waals surface area contributed by atoms with Crippen molar-refractivity contribution in [3.63, 3.8) is 0 Å². The van der Waals surface area contributed by atoms with Gasteiger partial charge in [0.25, 0.3) is 5.91 Å². The first kappa shape index (κ1) is 16.5. The molecule has 1 aliphatic rings. The second kappa shape index (κ2) is 7.12. The molecular weight excluding hydrogens is 328 g/mol. The van der Waals surface area contributed by atoms with E-state index in [2.05, 4.69) is 28.5 Å². The van der Waals surface area contributed by atoms with Crippen molar-refractivity contribution in [1.82, 2.24) is 10.3 Å². The molecule has 2 aromatic carbocycles. The summed E-state index contributed by atoms with van der Waals surface area (Å²) in [6, 6.07) is 15.8. The number of benzene rings is 2. The van der Waals surface area contributed by atoms with Crippen LogP contribution in [0.15, 0.2) is 48.5 Å². The van der Waals surface area contributed by atoms with Gasteiger partial charge in [-0.15, -0.1) is 0 Å². The quantitative estimate of drug-likeness (QED) is 0.743. The molecule has 5 nitrogen and oxygen atoms in total. The molecule has 26 heavy (non-hydrogen) atoms. The zero-order valence-electron chi connectivity index (χ0n) is 14.7. The van der Waals surface area contributed by atoms with Crippen LogP contribution in [0.4, 0.5) is 0 Å². The zero-order chi connectivity index (χ0) is 17.9. The highest BCUT2D eigenvalue weighted by Crippen LogP contribution is 2.29. The van der Waals surface area contributed by atoms with E-state index >= 15 is 0 Å². The molecular formula is C21H22N2O3. The third kappa shape index (κ3) is 3.25. The van der Waals surface area contributed by atoms with Crippen LogP contribution in [0.3, 0.4) is 0 Å². The van der Waals surface area contributed by atoms with Crippen molar-refractivity contribution < 1.29 is 14.3 Å². The molecule has 1 heterocycles. The Hall–Kier alpha value is -2.95. The van der Waals surface area contributed by atoms with Gasteiger partial charge in [-0.1, -0.05) is 30.3 Å². The van der Waals surface area contributed by atoms with E-state index in [0.29, 0.717) is 11.5 Å². The lowest BCUT2D eigenvalue weighted by Crippen LogP contribution is -2.41. The number of nitrogens with one attached hydrogen (secondary N) is 2. The number of aryl methyl sites for hydroxylation is 1. The summed E-state index contributed by atoms with van der Waals surface area (Å²) in [5.74, 6) is 1.10. The van der Waals surface area contributed by atoms with Crippen LogP contribution in [-0.4, -0.2) is 30.6 Å². The number of aromatic nitrogens is 1. The molecule has 1 amide bonds. The lowest BCUT2D eigenvalue weighted by atomic mass is 9.91. The van der Waals surface area contributed by atoms with Crippen molar-refractivity contribution in [1.29, 1.82) is 0 Å². The van der Waals surface area contributed by atoms with Crippen molar-refractivity contribution in [2.75, 3.05) is 13.7 Å². The number of carbonyl (C=O) groups is 1. The van der Waals surface area contributed by atoms with Crippen LogP contribution in [0, 0.1) is 0 Å². The summed E-state index contributed by atoms with van der Waals surface area (Å²) in [5, 5.41) is 4.36.